The maximum atomic E-state index is 9.83. The van der Waals surface area contributed by atoms with Crippen LogP contribution in [0.3, 0.4) is 0 Å². The quantitative estimate of drug-likeness (QED) is 0.484. The third-order valence-electron chi connectivity index (χ3n) is 0. The first-order valence-corrected chi connectivity index (χ1v) is 2.34. The van der Waals surface area contributed by atoms with E-state index in [1.54, 1.807) is 0 Å². The Morgan fingerprint density at radius 3 is 1.00 bits per heavy atom. The third kappa shape index (κ3) is 126. The molecule has 0 aliphatic rings. The number of hydrogen-bond acceptors (Lipinski definition) is 1. The van der Waals surface area contributed by atoms with E-state index in [0.717, 1.165) is 0 Å². The number of halogens is 3. The molecule has 0 atom stereocenters. The van der Waals surface area contributed by atoms with Crippen molar-refractivity contribution < 1.29 is 28.8 Å². The van der Waals surface area contributed by atoms with E-state index in [-0.39, 0.29) is 6.15 Å². The van der Waals surface area contributed by atoms with Crippen LogP contribution in [0, 0.1) is 0 Å². The van der Waals surface area contributed by atoms with Crippen molar-refractivity contribution in [3.05, 3.63) is 0 Å². The van der Waals surface area contributed by atoms with E-state index in [1.165, 1.54) is 0 Å². The van der Waals surface area contributed by atoms with Crippen LogP contribution in [0.5, 0.6) is 0 Å². The molecule has 0 aromatic carbocycles. The molecule has 0 aromatic heterocycles. The van der Waals surface area contributed by atoms with Crippen LogP contribution in [0.15, 0.2) is 0 Å². The molecule has 32 valence electrons. The van der Waals surface area contributed by atoms with Crippen LogP contribution in [-0.4, -0.2) is 0 Å². The molecule has 5 heteroatoms. The molecule has 5 heavy (non-hydrogen) atoms. The van der Waals surface area contributed by atoms with Crippen LogP contribution in [0.4, 0.5) is 9.28 Å². The minimum atomic E-state index is -4.83. The van der Waals surface area contributed by atoms with Crippen molar-refractivity contribution in [1.82, 2.24) is 6.15 Å². The van der Waals surface area contributed by atoms with Gasteiger partial charge in [-0.25, -0.2) is 0 Å². The van der Waals surface area contributed by atoms with Gasteiger partial charge in [-0.1, -0.05) is 0 Å². The Morgan fingerprint density at radius 1 is 1.00 bits per heavy atom. The van der Waals surface area contributed by atoms with Gasteiger partial charge in [0, 0.05) is 0 Å². The molecule has 0 heterocycles. The van der Waals surface area contributed by atoms with Gasteiger partial charge in [-0.3, -0.25) is 0 Å². The Hall–Kier alpha value is 0.464. The van der Waals surface area contributed by atoms with Crippen LogP contribution in [0.1, 0.15) is 0 Å². The summed E-state index contributed by atoms with van der Waals surface area (Å²) < 4.78 is 29.5. The van der Waals surface area contributed by atoms with E-state index in [4.69, 9.17) is 0 Å². The summed E-state index contributed by atoms with van der Waals surface area (Å²) in [6.45, 7) is 0. The topological polar surface area (TPSA) is 35.0 Å². The van der Waals surface area contributed by atoms with Crippen molar-refractivity contribution in [3.63, 3.8) is 0 Å². The zero-order chi connectivity index (χ0) is 3.58. The van der Waals surface area contributed by atoms with Crippen molar-refractivity contribution in [2.24, 2.45) is 0 Å². The number of rotatable bonds is 0. The van der Waals surface area contributed by atoms with E-state index in [1.807, 2.05) is 0 Å². The third-order valence-corrected chi connectivity index (χ3v) is 0. The molecular formula is H3F3NTi+. The summed E-state index contributed by atoms with van der Waals surface area (Å²) >= 11 is -4.83. The Balaban J connectivity index is 0. The first kappa shape index (κ1) is 9.07. The van der Waals surface area contributed by atoms with Gasteiger partial charge in [0.15, 0.2) is 0 Å². The normalized spacial score (nSPS) is 5.40. The van der Waals surface area contributed by atoms with Gasteiger partial charge in [0.05, 0.1) is 0 Å². The van der Waals surface area contributed by atoms with Crippen molar-refractivity contribution in [3.8, 4) is 0 Å². The molecule has 0 fully saturated rings. The van der Waals surface area contributed by atoms with E-state index < -0.39 is 19.5 Å². The molecule has 0 unspecified atom stereocenters. The summed E-state index contributed by atoms with van der Waals surface area (Å²) in [6, 6.07) is 0. The molecule has 1 nitrogen and oxygen atoms in total. The standard InChI is InChI=1S/3FH.H3N.Ti/h3*1H;1H3;/q;;;;+4/p-3. The van der Waals surface area contributed by atoms with Crippen molar-refractivity contribution in [2.45, 2.75) is 0 Å². The van der Waals surface area contributed by atoms with Crippen LogP contribution in [0.25, 0.3) is 0 Å². The fourth-order valence-electron chi connectivity index (χ4n) is 0. The number of hydrogen-bond donors (Lipinski definition) is 1. The van der Waals surface area contributed by atoms with Crippen LogP contribution in [0.2, 0.25) is 0 Å². The molecule has 0 saturated carbocycles. The summed E-state index contributed by atoms with van der Waals surface area (Å²) in [5, 5.41) is 0. The molecule has 3 N–H and O–H groups in total. The first-order valence-electron chi connectivity index (χ1n) is 0.567. The average Bonchev–Trinajstić information content (AvgIpc) is 0.811. The molecule has 0 spiro atoms. The Morgan fingerprint density at radius 2 is 1.00 bits per heavy atom. The predicted molar refractivity (Wildman–Crippen MR) is 8.35 cm³/mol. The fourth-order valence-corrected chi connectivity index (χ4v) is 0. The summed E-state index contributed by atoms with van der Waals surface area (Å²) in [4.78, 5) is 0. The van der Waals surface area contributed by atoms with Gasteiger partial charge in [-0.2, -0.15) is 0 Å². The summed E-state index contributed by atoms with van der Waals surface area (Å²) in [5.41, 5.74) is 0. The van der Waals surface area contributed by atoms with Gasteiger partial charge < -0.3 is 6.15 Å². The first-order chi connectivity index (χ1) is 1.73. The monoisotopic (exact) mass is 122 g/mol. The van der Waals surface area contributed by atoms with Crippen LogP contribution >= 0.6 is 0 Å². The van der Waals surface area contributed by atoms with Gasteiger partial charge in [0.25, 0.3) is 0 Å². The molecule has 0 aliphatic carbocycles. The van der Waals surface area contributed by atoms with Crippen LogP contribution in [-0.2, 0) is 19.5 Å². The molecule has 0 aromatic rings. The Labute approximate surface area is 35.6 Å². The average molecular weight is 122 g/mol. The molecule has 0 amide bonds. The summed E-state index contributed by atoms with van der Waals surface area (Å²) in [7, 11) is 0. The van der Waals surface area contributed by atoms with Crippen molar-refractivity contribution >= 4 is 0 Å². The molecule has 0 aliphatic heterocycles. The molecule has 0 rings (SSSR count). The Kier molecular flexibility index (Phi) is 8.10. The molecule has 0 radical (unpaired) electrons. The second-order valence-electron chi connectivity index (χ2n) is 0.214. The molecule has 0 bridgehead atoms. The van der Waals surface area contributed by atoms with Gasteiger partial charge in [-0.15, -0.1) is 0 Å². The zero-order valence-electron chi connectivity index (χ0n) is 2.34. The van der Waals surface area contributed by atoms with E-state index in [9.17, 15) is 9.28 Å². The zero-order valence-corrected chi connectivity index (χ0v) is 3.90. The second kappa shape index (κ2) is 4.46. The Bertz CT molecular complexity index is 11.6. The minimum absolute atomic E-state index is 0. The van der Waals surface area contributed by atoms with Crippen LogP contribution < -0.4 is 6.15 Å². The van der Waals surface area contributed by atoms with E-state index in [0.29, 0.717) is 0 Å². The van der Waals surface area contributed by atoms with Gasteiger partial charge in [0.2, 0.25) is 0 Å². The van der Waals surface area contributed by atoms with E-state index >= 15 is 0 Å². The van der Waals surface area contributed by atoms with Crippen molar-refractivity contribution in [1.29, 1.82) is 0 Å². The maximum absolute atomic E-state index is 9.83. The summed E-state index contributed by atoms with van der Waals surface area (Å²) in [6.07, 6.45) is 0. The molecule has 0 saturated heterocycles. The van der Waals surface area contributed by atoms with Crippen molar-refractivity contribution in [2.75, 3.05) is 0 Å². The summed E-state index contributed by atoms with van der Waals surface area (Å²) in [5.74, 6) is 0. The predicted octanol–water partition coefficient (Wildman–Crippen LogP) is 1.42. The second-order valence-corrected chi connectivity index (χ2v) is 0.884. The van der Waals surface area contributed by atoms with Gasteiger partial charge in [0.1, 0.15) is 0 Å². The van der Waals surface area contributed by atoms with Gasteiger partial charge >= 0.3 is 28.8 Å². The fraction of sp³-hybridized carbons (Fsp3) is 0. The SMILES string of the molecule is N.[F][Ti+]([F])[F]. The van der Waals surface area contributed by atoms with E-state index in [2.05, 4.69) is 0 Å². The molecular weight excluding hydrogens is 119 g/mol. The van der Waals surface area contributed by atoms with Gasteiger partial charge in [-0.05, 0) is 0 Å².